The first-order valence-electron chi connectivity index (χ1n) is 8.50. The number of carbonyl (C=O) groups is 3. The number of benzene rings is 1. The Balaban J connectivity index is 1.65. The number of amides is 3. The highest BCUT2D eigenvalue weighted by Crippen LogP contribution is 2.29. The molecule has 2 aliphatic rings. The second-order valence-corrected chi connectivity index (χ2v) is 6.64. The lowest BCUT2D eigenvalue weighted by Crippen LogP contribution is -2.41. The number of likely N-dealkylation sites (tertiary alicyclic amines) is 1. The summed E-state index contributed by atoms with van der Waals surface area (Å²) in [6.07, 6.45) is 4.54. The highest BCUT2D eigenvalue weighted by molar-refractivity contribution is 5.92. The van der Waals surface area contributed by atoms with E-state index < -0.39 is 17.9 Å². The minimum Gasteiger partial charge on any atom is -0.368 e. The van der Waals surface area contributed by atoms with Crippen molar-refractivity contribution >= 4 is 17.7 Å². The van der Waals surface area contributed by atoms with Crippen molar-refractivity contribution in [3.05, 3.63) is 35.9 Å². The van der Waals surface area contributed by atoms with E-state index in [1.54, 1.807) is 24.3 Å². The third-order valence-corrected chi connectivity index (χ3v) is 5.00. The summed E-state index contributed by atoms with van der Waals surface area (Å²) in [6.45, 7) is 0.440. The first-order valence-corrected chi connectivity index (χ1v) is 8.50. The Morgan fingerprint density at radius 3 is 2.46 bits per heavy atom. The Morgan fingerprint density at radius 2 is 1.83 bits per heavy atom. The summed E-state index contributed by atoms with van der Waals surface area (Å²) in [6, 6.07) is 8.32. The fourth-order valence-electron chi connectivity index (χ4n) is 3.70. The van der Waals surface area contributed by atoms with Crippen LogP contribution >= 0.6 is 0 Å². The van der Waals surface area contributed by atoms with E-state index in [0.717, 1.165) is 25.7 Å². The highest BCUT2D eigenvalue weighted by atomic mass is 16.2. The van der Waals surface area contributed by atoms with Crippen molar-refractivity contribution in [2.75, 3.05) is 6.54 Å². The summed E-state index contributed by atoms with van der Waals surface area (Å²) in [7, 11) is 0. The van der Waals surface area contributed by atoms with Gasteiger partial charge in [0.25, 0.3) is 0 Å². The molecule has 1 heterocycles. The highest BCUT2D eigenvalue weighted by Gasteiger charge is 2.39. The zero-order valence-corrected chi connectivity index (χ0v) is 13.6. The zero-order valence-electron chi connectivity index (χ0n) is 13.6. The molecule has 2 fully saturated rings. The topological polar surface area (TPSA) is 92.5 Å². The van der Waals surface area contributed by atoms with Crippen molar-refractivity contribution in [2.24, 2.45) is 11.7 Å². The maximum absolute atomic E-state index is 12.5. The van der Waals surface area contributed by atoms with E-state index in [0.29, 0.717) is 12.1 Å². The molecule has 6 nitrogen and oxygen atoms in total. The molecule has 0 unspecified atom stereocenters. The maximum Gasteiger partial charge on any atom is 0.244 e. The average Bonchev–Trinajstić information content (AvgIpc) is 3.22. The molecular weight excluding hydrogens is 306 g/mol. The van der Waals surface area contributed by atoms with E-state index in [1.165, 1.54) is 0 Å². The van der Waals surface area contributed by atoms with Crippen LogP contribution in [0, 0.1) is 5.92 Å². The molecule has 1 aliphatic carbocycles. The number of carbonyl (C=O) groups excluding carboxylic acids is 3. The monoisotopic (exact) mass is 329 g/mol. The van der Waals surface area contributed by atoms with E-state index >= 15 is 0 Å². The quantitative estimate of drug-likeness (QED) is 0.848. The number of nitrogens with two attached hydrogens (primary N) is 1. The van der Waals surface area contributed by atoms with Gasteiger partial charge in [0.2, 0.25) is 17.7 Å². The molecular formula is C18H23N3O3. The molecule has 3 rings (SSSR count). The summed E-state index contributed by atoms with van der Waals surface area (Å²) in [4.78, 5) is 38.3. The summed E-state index contributed by atoms with van der Waals surface area (Å²) < 4.78 is 0. The molecule has 0 spiro atoms. The lowest BCUT2D eigenvalue weighted by molar-refractivity contribution is -0.131. The smallest absolute Gasteiger partial charge is 0.244 e. The maximum atomic E-state index is 12.5. The first-order chi connectivity index (χ1) is 11.6. The van der Waals surface area contributed by atoms with Gasteiger partial charge < -0.3 is 16.0 Å². The van der Waals surface area contributed by atoms with Crippen LogP contribution in [-0.2, 0) is 14.4 Å². The fraction of sp³-hybridized carbons (Fsp3) is 0.500. The van der Waals surface area contributed by atoms with Crippen LogP contribution in [0.4, 0.5) is 0 Å². The largest absolute Gasteiger partial charge is 0.368 e. The number of hydrogen-bond acceptors (Lipinski definition) is 3. The molecule has 1 aromatic carbocycles. The normalized spacial score (nSPS) is 22.6. The average molecular weight is 329 g/mol. The summed E-state index contributed by atoms with van der Waals surface area (Å²) in [5, 5.41) is 2.71. The van der Waals surface area contributed by atoms with Crippen molar-refractivity contribution in [1.29, 1.82) is 0 Å². The van der Waals surface area contributed by atoms with Gasteiger partial charge in [-0.05, 0) is 18.4 Å². The van der Waals surface area contributed by atoms with Gasteiger partial charge in [0.05, 0.1) is 5.92 Å². The van der Waals surface area contributed by atoms with Gasteiger partial charge >= 0.3 is 0 Å². The number of primary amides is 1. The number of nitrogens with one attached hydrogen (secondary N) is 1. The van der Waals surface area contributed by atoms with Crippen molar-refractivity contribution < 1.29 is 14.4 Å². The molecule has 1 aliphatic heterocycles. The van der Waals surface area contributed by atoms with Crippen LogP contribution in [0.2, 0.25) is 0 Å². The minimum atomic E-state index is -0.866. The van der Waals surface area contributed by atoms with Gasteiger partial charge in [0.1, 0.15) is 6.04 Å². The van der Waals surface area contributed by atoms with Gasteiger partial charge in [-0.15, -0.1) is 0 Å². The van der Waals surface area contributed by atoms with E-state index in [4.69, 9.17) is 5.73 Å². The number of hydrogen-bond donors (Lipinski definition) is 2. The van der Waals surface area contributed by atoms with Gasteiger partial charge in [-0.3, -0.25) is 14.4 Å². The predicted molar refractivity (Wildman–Crippen MR) is 88.6 cm³/mol. The lowest BCUT2D eigenvalue weighted by Gasteiger charge is -2.24. The third-order valence-electron chi connectivity index (χ3n) is 5.00. The Labute approximate surface area is 141 Å². The van der Waals surface area contributed by atoms with Crippen molar-refractivity contribution in [2.45, 2.75) is 44.2 Å². The molecule has 0 aromatic heterocycles. The minimum absolute atomic E-state index is 0.0392. The van der Waals surface area contributed by atoms with Gasteiger partial charge in [0.15, 0.2) is 0 Å². The number of nitrogens with zero attached hydrogens (tertiary/aromatic N) is 1. The van der Waals surface area contributed by atoms with Gasteiger partial charge in [-0.25, -0.2) is 0 Å². The SMILES string of the molecule is NC(=O)[C@H](NC(=O)[C@H]1CC(=O)N(C2CCCC2)C1)c1ccccc1. The van der Waals surface area contributed by atoms with E-state index in [1.807, 2.05) is 11.0 Å². The molecule has 128 valence electrons. The molecule has 2 atom stereocenters. The van der Waals surface area contributed by atoms with Crippen LogP contribution in [-0.4, -0.2) is 35.2 Å². The Kier molecular flexibility index (Phi) is 4.83. The second-order valence-electron chi connectivity index (χ2n) is 6.64. The Hall–Kier alpha value is -2.37. The molecule has 24 heavy (non-hydrogen) atoms. The van der Waals surface area contributed by atoms with Crippen LogP contribution in [0.15, 0.2) is 30.3 Å². The molecule has 1 saturated heterocycles. The van der Waals surface area contributed by atoms with Crippen molar-refractivity contribution in [1.82, 2.24) is 10.2 Å². The first kappa shape index (κ1) is 16.5. The van der Waals surface area contributed by atoms with Crippen LogP contribution in [0.1, 0.15) is 43.7 Å². The van der Waals surface area contributed by atoms with Crippen LogP contribution in [0.5, 0.6) is 0 Å². The Bertz CT molecular complexity index is 626. The van der Waals surface area contributed by atoms with Crippen molar-refractivity contribution in [3.63, 3.8) is 0 Å². The van der Waals surface area contributed by atoms with Gasteiger partial charge in [0, 0.05) is 19.0 Å². The predicted octanol–water partition coefficient (Wildman–Crippen LogP) is 1.12. The molecule has 1 aromatic rings. The van der Waals surface area contributed by atoms with Gasteiger partial charge in [-0.1, -0.05) is 43.2 Å². The number of rotatable bonds is 5. The zero-order chi connectivity index (χ0) is 17.1. The second kappa shape index (κ2) is 7.03. The van der Waals surface area contributed by atoms with E-state index in [2.05, 4.69) is 5.32 Å². The third kappa shape index (κ3) is 3.42. The molecule has 3 N–H and O–H groups in total. The molecule has 0 bridgehead atoms. The van der Waals surface area contributed by atoms with Gasteiger partial charge in [-0.2, -0.15) is 0 Å². The van der Waals surface area contributed by atoms with Crippen LogP contribution in [0.3, 0.4) is 0 Å². The molecule has 3 amide bonds. The summed E-state index contributed by atoms with van der Waals surface area (Å²) in [5.41, 5.74) is 6.09. The molecule has 1 saturated carbocycles. The fourth-order valence-corrected chi connectivity index (χ4v) is 3.70. The molecule has 0 radical (unpaired) electrons. The summed E-state index contributed by atoms with van der Waals surface area (Å²) in [5.74, 6) is -1.26. The van der Waals surface area contributed by atoms with Crippen molar-refractivity contribution in [3.8, 4) is 0 Å². The summed E-state index contributed by atoms with van der Waals surface area (Å²) >= 11 is 0. The Morgan fingerprint density at radius 1 is 1.17 bits per heavy atom. The van der Waals surface area contributed by atoms with E-state index in [-0.39, 0.29) is 24.3 Å². The van der Waals surface area contributed by atoms with E-state index in [9.17, 15) is 14.4 Å². The standard InChI is InChI=1S/C18H23N3O3/c19-17(23)16(12-6-2-1-3-7-12)20-18(24)13-10-15(22)21(11-13)14-8-4-5-9-14/h1-3,6-7,13-14,16H,4-5,8-11H2,(H2,19,23)(H,20,24)/t13-,16+/m0/s1. The lowest BCUT2D eigenvalue weighted by atomic mass is 10.0. The van der Waals surface area contributed by atoms with Crippen LogP contribution in [0.25, 0.3) is 0 Å². The molecule has 6 heteroatoms. The van der Waals surface area contributed by atoms with Crippen LogP contribution < -0.4 is 11.1 Å².